The van der Waals surface area contributed by atoms with Gasteiger partial charge in [-0.2, -0.15) is 13.2 Å². The predicted molar refractivity (Wildman–Crippen MR) is 75.3 cm³/mol. The zero-order chi connectivity index (χ0) is 15.7. The quantitative estimate of drug-likeness (QED) is 0.888. The molecule has 2 rings (SSSR count). The van der Waals surface area contributed by atoms with Crippen LogP contribution < -0.4 is 10.6 Å². The van der Waals surface area contributed by atoms with E-state index in [1.54, 1.807) is 0 Å². The fraction of sp³-hybridized carbons (Fsp3) is 0.533. The molecule has 0 radical (unpaired) electrons. The van der Waals surface area contributed by atoms with Crippen molar-refractivity contribution in [3.05, 3.63) is 29.3 Å². The summed E-state index contributed by atoms with van der Waals surface area (Å²) < 4.78 is 39.0. The van der Waals surface area contributed by atoms with Crippen molar-refractivity contribution in [1.82, 2.24) is 5.32 Å². The summed E-state index contributed by atoms with van der Waals surface area (Å²) in [7, 11) is 1.39. The monoisotopic (exact) mass is 300 g/mol. The van der Waals surface area contributed by atoms with Crippen LogP contribution in [0.2, 0.25) is 0 Å². The lowest BCUT2D eigenvalue weighted by Crippen LogP contribution is -2.53. The molecule has 1 aliphatic rings. The number of nitrogens with one attached hydrogen (secondary N) is 2. The van der Waals surface area contributed by atoms with Gasteiger partial charge in [0.2, 0.25) is 0 Å². The molecule has 0 aliphatic heterocycles. The van der Waals surface area contributed by atoms with E-state index in [9.17, 15) is 18.0 Å². The van der Waals surface area contributed by atoms with Crippen molar-refractivity contribution in [2.75, 3.05) is 12.4 Å². The van der Waals surface area contributed by atoms with Crippen molar-refractivity contribution < 1.29 is 18.0 Å². The topological polar surface area (TPSA) is 41.1 Å². The first-order valence-corrected chi connectivity index (χ1v) is 7.03. The third-order valence-corrected chi connectivity index (χ3v) is 4.23. The molecule has 1 saturated carbocycles. The molecule has 6 heteroatoms. The zero-order valence-corrected chi connectivity index (χ0v) is 12.1. The van der Waals surface area contributed by atoms with Gasteiger partial charge in [-0.3, -0.25) is 4.79 Å². The molecule has 2 N–H and O–H groups in total. The van der Waals surface area contributed by atoms with Gasteiger partial charge in [0.25, 0.3) is 5.91 Å². The Labute approximate surface area is 121 Å². The van der Waals surface area contributed by atoms with Crippen LogP contribution in [0.25, 0.3) is 0 Å². The van der Waals surface area contributed by atoms with E-state index in [0.717, 1.165) is 31.7 Å². The average molecular weight is 300 g/mol. The number of rotatable bonds is 4. The lowest BCUT2D eigenvalue weighted by Gasteiger charge is -2.42. The van der Waals surface area contributed by atoms with E-state index in [2.05, 4.69) is 10.6 Å². The number of carbonyl (C=O) groups is 1. The molecule has 0 heterocycles. The molecule has 0 unspecified atom stereocenters. The van der Waals surface area contributed by atoms with Crippen molar-refractivity contribution >= 4 is 11.6 Å². The molecule has 0 saturated heterocycles. The Balaban J connectivity index is 2.33. The van der Waals surface area contributed by atoms with Crippen LogP contribution in [0.15, 0.2) is 18.2 Å². The Bertz CT molecular complexity index is 531. The van der Waals surface area contributed by atoms with Gasteiger partial charge in [0, 0.05) is 12.6 Å². The van der Waals surface area contributed by atoms with Crippen LogP contribution in [-0.4, -0.2) is 18.5 Å². The van der Waals surface area contributed by atoms with E-state index in [0.29, 0.717) is 0 Å². The Morgan fingerprint density at radius 1 is 1.33 bits per heavy atom. The van der Waals surface area contributed by atoms with Gasteiger partial charge in [0.1, 0.15) is 0 Å². The number of halogens is 3. The van der Waals surface area contributed by atoms with Gasteiger partial charge in [0.05, 0.1) is 16.8 Å². The van der Waals surface area contributed by atoms with Crippen molar-refractivity contribution in [3.63, 3.8) is 0 Å². The van der Waals surface area contributed by atoms with Gasteiger partial charge in [-0.15, -0.1) is 0 Å². The highest BCUT2D eigenvalue weighted by Crippen LogP contribution is 2.38. The Morgan fingerprint density at radius 3 is 2.43 bits per heavy atom. The summed E-state index contributed by atoms with van der Waals surface area (Å²) in [6.45, 7) is 1.98. The number of carbonyl (C=O) groups excluding carboxylic acids is 1. The van der Waals surface area contributed by atoms with Gasteiger partial charge in [-0.05, 0) is 37.8 Å². The molecule has 0 aromatic heterocycles. The highest BCUT2D eigenvalue weighted by molar-refractivity contribution is 6.00. The normalized spacial score (nSPS) is 17.0. The van der Waals surface area contributed by atoms with E-state index < -0.39 is 17.6 Å². The molecule has 0 atom stereocenters. The third-order valence-electron chi connectivity index (χ3n) is 4.23. The van der Waals surface area contributed by atoms with E-state index in [1.807, 2.05) is 6.92 Å². The number of amides is 1. The fourth-order valence-electron chi connectivity index (χ4n) is 2.73. The molecule has 1 fully saturated rings. The molecule has 1 aromatic carbocycles. The summed E-state index contributed by atoms with van der Waals surface area (Å²) in [4.78, 5) is 12.4. The molecule has 0 bridgehead atoms. The van der Waals surface area contributed by atoms with Crippen molar-refractivity contribution in [3.8, 4) is 0 Å². The zero-order valence-electron chi connectivity index (χ0n) is 12.1. The first-order chi connectivity index (χ1) is 9.83. The minimum Gasteiger partial charge on any atom is -0.387 e. The van der Waals surface area contributed by atoms with E-state index in [-0.39, 0.29) is 16.8 Å². The van der Waals surface area contributed by atoms with Crippen LogP contribution >= 0.6 is 0 Å². The molecule has 1 aliphatic carbocycles. The SMILES string of the molecule is CCC1(NC(=O)c2cccc(C(F)(F)F)c2NC)CCC1. The van der Waals surface area contributed by atoms with E-state index in [1.165, 1.54) is 19.2 Å². The second kappa shape index (κ2) is 5.58. The molecule has 3 nitrogen and oxygen atoms in total. The molecular weight excluding hydrogens is 281 g/mol. The number of anilines is 1. The maximum atomic E-state index is 13.0. The standard InChI is InChI=1S/C15H19F3N2O/c1-3-14(8-5-9-14)20-13(21)10-6-4-7-11(12(10)19-2)15(16,17)18/h4,6-7,19H,3,5,8-9H2,1-2H3,(H,20,21). The minimum absolute atomic E-state index is 0.0343. The van der Waals surface area contributed by atoms with Gasteiger partial charge >= 0.3 is 6.18 Å². The Kier molecular flexibility index (Phi) is 4.16. The van der Waals surface area contributed by atoms with Crippen LogP contribution in [0.1, 0.15) is 48.5 Å². The molecule has 21 heavy (non-hydrogen) atoms. The number of hydrogen-bond donors (Lipinski definition) is 2. The predicted octanol–water partition coefficient (Wildman–Crippen LogP) is 3.81. The third kappa shape index (κ3) is 2.99. The van der Waals surface area contributed by atoms with Crippen LogP contribution in [-0.2, 0) is 6.18 Å². The number of benzene rings is 1. The van der Waals surface area contributed by atoms with Crippen molar-refractivity contribution in [2.24, 2.45) is 0 Å². The number of alkyl halides is 3. The summed E-state index contributed by atoms with van der Waals surface area (Å²) in [5.74, 6) is -0.452. The van der Waals surface area contributed by atoms with Crippen LogP contribution in [0, 0.1) is 0 Å². The lowest BCUT2D eigenvalue weighted by atomic mass is 9.74. The highest BCUT2D eigenvalue weighted by Gasteiger charge is 2.38. The summed E-state index contributed by atoms with van der Waals surface area (Å²) in [6, 6.07) is 3.65. The summed E-state index contributed by atoms with van der Waals surface area (Å²) in [6.07, 6.45) is -0.915. The summed E-state index contributed by atoms with van der Waals surface area (Å²) in [5, 5.41) is 5.41. The van der Waals surface area contributed by atoms with E-state index >= 15 is 0 Å². The number of hydrogen-bond acceptors (Lipinski definition) is 2. The molecule has 1 aromatic rings. The van der Waals surface area contributed by atoms with Gasteiger partial charge in [0.15, 0.2) is 0 Å². The van der Waals surface area contributed by atoms with Gasteiger partial charge in [-0.1, -0.05) is 13.0 Å². The lowest BCUT2D eigenvalue weighted by molar-refractivity contribution is -0.136. The Hall–Kier alpha value is -1.72. The molecule has 0 spiro atoms. The molecule has 1 amide bonds. The van der Waals surface area contributed by atoms with Gasteiger partial charge in [-0.25, -0.2) is 0 Å². The van der Waals surface area contributed by atoms with Crippen LogP contribution in [0.4, 0.5) is 18.9 Å². The maximum absolute atomic E-state index is 13.0. The summed E-state index contributed by atoms with van der Waals surface area (Å²) in [5.41, 5.74) is -1.21. The minimum atomic E-state index is -4.49. The smallest absolute Gasteiger partial charge is 0.387 e. The highest BCUT2D eigenvalue weighted by atomic mass is 19.4. The first-order valence-electron chi connectivity index (χ1n) is 7.03. The van der Waals surface area contributed by atoms with Crippen molar-refractivity contribution in [1.29, 1.82) is 0 Å². The summed E-state index contributed by atoms with van der Waals surface area (Å²) >= 11 is 0. The molecular formula is C15H19F3N2O. The van der Waals surface area contributed by atoms with Gasteiger partial charge < -0.3 is 10.6 Å². The van der Waals surface area contributed by atoms with Crippen LogP contribution in [0.5, 0.6) is 0 Å². The fourth-order valence-corrected chi connectivity index (χ4v) is 2.73. The van der Waals surface area contributed by atoms with E-state index in [4.69, 9.17) is 0 Å². The van der Waals surface area contributed by atoms with Crippen LogP contribution in [0.3, 0.4) is 0 Å². The first kappa shape index (κ1) is 15.7. The maximum Gasteiger partial charge on any atom is 0.418 e. The molecule has 116 valence electrons. The average Bonchev–Trinajstić information content (AvgIpc) is 2.40. The second-order valence-corrected chi connectivity index (χ2v) is 5.42. The van der Waals surface area contributed by atoms with Crippen molar-refractivity contribution in [2.45, 2.75) is 44.3 Å². The second-order valence-electron chi connectivity index (χ2n) is 5.42. The Morgan fingerprint density at radius 2 is 2.00 bits per heavy atom. The number of para-hydroxylation sites is 1. The largest absolute Gasteiger partial charge is 0.418 e.